The van der Waals surface area contributed by atoms with Gasteiger partial charge in [-0.2, -0.15) is 8.78 Å². The summed E-state index contributed by atoms with van der Waals surface area (Å²) in [5, 5.41) is 2.50. The molecule has 24 heteroatoms. The number of carbonyl (C=O) groups is 2. The van der Waals surface area contributed by atoms with Crippen LogP contribution in [0.5, 0.6) is 0 Å². The number of amidine groups is 2. The lowest BCUT2D eigenvalue weighted by Crippen LogP contribution is -2.37. The Bertz CT molecular complexity index is 4610. The first kappa shape index (κ1) is 75.0. The molecule has 6 heterocycles. The maximum atomic E-state index is 15.2. The lowest BCUT2D eigenvalue weighted by Gasteiger charge is -2.37. The quantitative estimate of drug-likeness (QED) is 0.0598. The molecule has 12 nitrogen and oxygen atoms in total. The number of aromatic nitrogens is 2. The second kappa shape index (κ2) is 33.3. The van der Waals surface area contributed by atoms with Crippen molar-refractivity contribution in [2.45, 2.75) is 125 Å². The summed E-state index contributed by atoms with van der Waals surface area (Å²) in [7, 11) is 0. The normalized spacial score (nSPS) is 24.8. The zero-order valence-electron chi connectivity index (χ0n) is 56.7. The van der Waals surface area contributed by atoms with Crippen molar-refractivity contribution in [3.8, 4) is 22.3 Å². The molecule has 8 atom stereocenters. The van der Waals surface area contributed by atoms with Crippen LogP contribution in [0.3, 0.4) is 0 Å². The van der Waals surface area contributed by atoms with Crippen molar-refractivity contribution in [2.24, 2.45) is 55.1 Å². The van der Waals surface area contributed by atoms with Gasteiger partial charge in [0.15, 0.2) is 10.3 Å². The highest BCUT2D eigenvalue weighted by molar-refractivity contribution is 9.10. The Balaban J connectivity index is 0.000000126. The second-order valence-corrected chi connectivity index (χ2v) is 33.3. The fourth-order valence-electron chi connectivity index (χ4n) is 16.0. The van der Waals surface area contributed by atoms with Crippen LogP contribution in [0.2, 0.25) is 0 Å². The van der Waals surface area contributed by atoms with Crippen LogP contribution in [0, 0.1) is 58.8 Å². The van der Waals surface area contributed by atoms with Gasteiger partial charge < -0.3 is 20.9 Å². The Labute approximate surface area is 635 Å². The van der Waals surface area contributed by atoms with Crippen LogP contribution >= 0.6 is 78.9 Å². The first-order valence-electron chi connectivity index (χ1n) is 34.8. The summed E-state index contributed by atoms with van der Waals surface area (Å²) < 4.78 is 99.7. The van der Waals surface area contributed by atoms with Crippen molar-refractivity contribution in [3.63, 3.8) is 0 Å². The van der Waals surface area contributed by atoms with E-state index in [1.54, 1.807) is 95.9 Å². The van der Waals surface area contributed by atoms with Gasteiger partial charge in [0.25, 0.3) is 0 Å². The third kappa shape index (κ3) is 16.5. The Kier molecular flexibility index (Phi) is 24.0. The number of hydrogen-bond donors (Lipinski definition) is 2. The molecule has 8 aromatic rings. The summed E-state index contributed by atoms with van der Waals surface area (Å²) in [5.74, 6) is 1.67. The third-order valence-corrected chi connectivity index (χ3v) is 26.2. The standard InChI is InChI=1S/C27H24F2N2O2S.C22H21BrFNO2S.C18H17F2N3S.C13H14BrFN2S/c28-23-11-10-19(21-9-5-13-30-26(21)29)14-22(23)27-12-4-8-20(27)17-34-24(31-27)15-25(32)33-16-18-6-2-1-3-7-18;23-17-8-9-19(24)18(11-17)22-10-4-7-16(22)14-28-20(25-22)12-21(26)27-13-15-5-2-1-3-6-15;19-15-6-5-11(13-4-2-8-22-16(13)20)9-14(15)18-7-1-3-12(18)10-24-17(21)23-18;14-9-3-4-11(15)10(6-9)13-5-1-2-8(13)7-18-12(16)17-13/h1-3,5-7,9-11,13-14,20H,4,8,12,15-17H2;1-3,5-6,8-9,11,16H,4,7,10,12-14H2;2,4-6,8-9,12H,1,3,7,10H2,(H2,21,23);3-4,6,8H,1-2,5,7H2,(H2,16,17)/t20-,27-;16-,22-;12-,18-;8-,13-/m0000/s1. The van der Waals surface area contributed by atoms with Gasteiger partial charge in [-0.15, -0.1) is 23.5 Å². The van der Waals surface area contributed by atoms with Crippen molar-refractivity contribution in [1.29, 1.82) is 0 Å². The molecule has 0 spiro atoms. The average molecular weight is 1620 g/mol. The molecule has 4 saturated carbocycles. The van der Waals surface area contributed by atoms with E-state index in [1.807, 2.05) is 72.8 Å². The molecule has 0 saturated heterocycles. The first-order chi connectivity index (χ1) is 50.3. The molecule has 6 aromatic carbocycles. The molecule has 16 rings (SSSR count). The predicted octanol–water partition coefficient (Wildman–Crippen LogP) is 19.9. The molecular formula is C80H76Br2F6N8O4S4. The van der Waals surface area contributed by atoms with Crippen molar-refractivity contribution in [3.05, 3.63) is 248 Å². The van der Waals surface area contributed by atoms with Gasteiger partial charge in [0, 0.05) is 77.7 Å². The number of carbonyl (C=O) groups excluding carboxylic acids is 2. The number of hydrogen-bond acceptors (Lipinski definition) is 16. The summed E-state index contributed by atoms with van der Waals surface area (Å²) >= 11 is 13.2. The molecule has 0 amide bonds. The molecule has 540 valence electrons. The number of aliphatic imine (C=N–C) groups is 4. The predicted molar refractivity (Wildman–Crippen MR) is 413 cm³/mol. The molecule has 4 fully saturated rings. The zero-order chi connectivity index (χ0) is 72.6. The molecule has 0 bridgehead atoms. The molecule has 0 unspecified atom stereocenters. The van der Waals surface area contributed by atoms with E-state index >= 15 is 4.39 Å². The van der Waals surface area contributed by atoms with E-state index in [9.17, 15) is 31.5 Å². The molecule has 2 aromatic heterocycles. The molecule has 0 radical (unpaired) electrons. The summed E-state index contributed by atoms with van der Waals surface area (Å²) in [4.78, 5) is 51.5. The van der Waals surface area contributed by atoms with E-state index in [1.165, 1.54) is 48.4 Å². The van der Waals surface area contributed by atoms with Gasteiger partial charge in [-0.1, -0.05) is 154 Å². The van der Waals surface area contributed by atoms with E-state index in [0.29, 0.717) is 78.1 Å². The second-order valence-electron chi connectivity index (χ2n) is 27.2. The maximum absolute atomic E-state index is 15.2. The molecule has 104 heavy (non-hydrogen) atoms. The van der Waals surface area contributed by atoms with Crippen LogP contribution in [0.1, 0.15) is 123 Å². The number of nitrogens with two attached hydrogens (primary N) is 2. The van der Waals surface area contributed by atoms with Gasteiger partial charge in [0.05, 0.1) is 45.1 Å². The molecule has 4 aliphatic carbocycles. The minimum absolute atomic E-state index is 0.0600. The lowest BCUT2D eigenvalue weighted by molar-refractivity contribution is -0.144. The number of halogens is 8. The van der Waals surface area contributed by atoms with Gasteiger partial charge in [-0.25, -0.2) is 27.5 Å². The smallest absolute Gasteiger partial charge is 0.312 e. The van der Waals surface area contributed by atoms with Gasteiger partial charge in [0.1, 0.15) is 36.5 Å². The van der Waals surface area contributed by atoms with E-state index in [4.69, 9.17) is 30.9 Å². The number of nitrogens with zero attached hydrogens (tertiary/aromatic N) is 6. The Morgan fingerprint density at radius 2 is 0.760 bits per heavy atom. The van der Waals surface area contributed by atoms with E-state index in [2.05, 4.69) is 51.8 Å². The number of thioether (sulfide) groups is 4. The zero-order valence-corrected chi connectivity index (χ0v) is 63.2. The van der Waals surface area contributed by atoms with Crippen molar-refractivity contribution in [1.82, 2.24) is 9.97 Å². The van der Waals surface area contributed by atoms with Gasteiger partial charge in [0.2, 0.25) is 11.9 Å². The number of pyridine rings is 2. The SMILES string of the molecule is NC1=N[C@@]2(c3cc(-c4cccnc4F)ccc3F)CCC[C@H]2CS1.NC1=N[C@@]2(c3cc(Br)ccc3F)CCC[C@H]2CS1.O=C(CC1=N[C@@]2(c3cc(-c4cccnc4F)ccc3F)CCC[C@H]2CS1)OCc1ccccc1.O=C(CC1=N[C@@]2(c3cc(Br)ccc3F)CCC[C@H]2CS1)OCc1ccccc1. The highest BCUT2D eigenvalue weighted by Crippen LogP contribution is 2.56. The van der Waals surface area contributed by atoms with Gasteiger partial charge in [-0.3, -0.25) is 29.6 Å². The Hall–Kier alpha value is -7.22. The third-order valence-electron chi connectivity index (χ3n) is 21.1. The minimum atomic E-state index is -0.751. The fourth-order valence-corrected chi connectivity index (χ4v) is 21.4. The van der Waals surface area contributed by atoms with E-state index in [0.717, 1.165) is 119 Å². The topological polar surface area (TPSA) is 180 Å². The van der Waals surface area contributed by atoms with Crippen LogP contribution in [-0.2, 0) is 54.4 Å². The van der Waals surface area contributed by atoms with Gasteiger partial charge in [-0.05, 0) is 182 Å². The van der Waals surface area contributed by atoms with Crippen LogP contribution in [0.4, 0.5) is 26.3 Å². The summed E-state index contributed by atoms with van der Waals surface area (Å²) in [5.41, 5.74) is 15.6. The molecule has 4 aliphatic heterocycles. The van der Waals surface area contributed by atoms with E-state index < -0.39 is 34.1 Å². The highest BCUT2D eigenvalue weighted by Gasteiger charge is 2.52. The lowest BCUT2D eigenvalue weighted by atomic mass is 9.80. The Morgan fingerprint density at radius 3 is 1.12 bits per heavy atom. The van der Waals surface area contributed by atoms with Crippen molar-refractivity contribution >= 4 is 111 Å². The molecule has 8 aliphatic rings. The van der Waals surface area contributed by atoms with Crippen LogP contribution in [0.15, 0.2) is 199 Å². The number of benzene rings is 6. The number of fused-ring (bicyclic) bond motifs is 4. The highest BCUT2D eigenvalue weighted by atomic mass is 79.9. The average Bonchev–Trinajstić information content (AvgIpc) is 1.62. The fraction of sp³-hybridized carbons (Fsp3) is 0.350. The molecular weight excluding hydrogens is 1540 g/mol. The van der Waals surface area contributed by atoms with Crippen molar-refractivity contribution < 1.29 is 45.4 Å². The number of esters is 2. The summed E-state index contributed by atoms with van der Waals surface area (Å²) in [6, 6.07) is 45.3. The minimum Gasteiger partial charge on any atom is -0.461 e. The largest absolute Gasteiger partial charge is 0.461 e. The van der Waals surface area contributed by atoms with Crippen molar-refractivity contribution in [2.75, 3.05) is 23.0 Å². The first-order valence-corrected chi connectivity index (χ1v) is 40.4. The maximum Gasteiger partial charge on any atom is 0.312 e. The van der Waals surface area contributed by atoms with Gasteiger partial charge >= 0.3 is 11.9 Å². The summed E-state index contributed by atoms with van der Waals surface area (Å²) in [6.45, 7) is 0.463. The monoisotopic (exact) mass is 1610 g/mol. The summed E-state index contributed by atoms with van der Waals surface area (Å²) in [6.07, 6.45) is 14.3. The van der Waals surface area contributed by atoms with Crippen LogP contribution in [-0.4, -0.2) is 65.3 Å². The van der Waals surface area contributed by atoms with E-state index in [-0.39, 0.29) is 73.1 Å². The Morgan fingerprint density at radius 1 is 0.423 bits per heavy atom. The van der Waals surface area contributed by atoms with Crippen LogP contribution < -0.4 is 11.5 Å². The van der Waals surface area contributed by atoms with Crippen LogP contribution in [0.25, 0.3) is 22.3 Å². The number of rotatable bonds is 14. The number of ether oxygens (including phenoxy) is 2. The molecule has 4 N–H and O–H groups in total.